The predicted molar refractivity (Wildman–Crippen MR) is 53.8 cm³/mol. The quantitative estimate of drug-likeness (QED) is 0.668. The van der Waals surface area contributed by atoms with Crippen molar-refractivity contribution in [3.05, 3.63) is 0 Å². The molecule has 0 aliphatic heterocycles. The van der Waals surface area contributed by atoms with Gasteiger partial charge in [-0.05, 0) is 50.4 Å². The van der Waals surface area contributed by atoms with E-state index < -0.39 is 11.4 Å². The van der Waals surface area contributed by atoms with Gasteiger partial charge in [0.15, 0.2) is 0 Å². The van der Waals surface area contributed by atoms with Gasteiger partial charge in [-0.1, -0.05) is 15.9 Å². The number of alkyl halides is 1. The van der Waals surface area contributed by atoms with Gasteiger partial charge in [0.05, 0.1) is 0 Å². The Morgan fingerprint density at radius 2 is 1.79 bits per heavy atom. The van der Waals surface area contributed by atoms with Crippen LogP contribution in [0.25, 0.3) is 0 Å². The molecule has 4 bridgehead atoms. The van der Waals surface area contributed by atoms with Crippen molar-refractivity contribution in [1.29, 1.82) is 0 Å². The molecule has 3 heteroatoms. The van der Waals surface area contributed by atoms with Gasteiger partial charge in [0, 0.05) is 15.7 Å². The third-order valence-electron chi connectivity index (χ3n) is 4.42. The maximum Gasteiger partial charge on any atom is 0.0476 e. The first-order valence-electron chi connectivity index (χ1n) is 5.42. The van der Waals surface area contributed by atoms with E-state index >= 15 is 0 Å². The number of halogens is 1. The van der Waals surface area contributed by atoms with Crippen LogP contribution in [0, 0.1) is 17.3 Å². The summed E-state index contributed by atoms with van der Waals surface area (Å²) in [5, 5.41) is 11.3. The molecular formula is C11H14BrO2-. The molecule has 0 N–H and O–H groups in total. The van der Waals surface area contributed by atoms with Gasteiger partial charge < -0.3 is 9.90 Å². The number of aliphatic carboxylic acids is 1. The molecule has 0 radical (unpaired) electrons. The molecule has 0 aromatic heterocycles. The summed E-state index contributed by atoms with van der Waals surface area (Å²) in [5.41, 5.74) is -0.479. The third-order valence-corrected chi connectivity index (χ3v) is 5.35. The summed E-state index contributed by atoms with van der Waals surface area (Å²) in [5.74, 6) is 0.470. The number of hydrogen-bond donors (Lipinski definition) is 0. The third kappa shape index (κ3) is 1.11. The van der Waals surface area contributed by atoms with Crippen LogP contribution < -0.4 is 5.11 Å². The maximum absolute atomic E-state index is 11.3. The highest BCUT2D eigenvalue weighted by molar-refractivity contribution is 9.10. The van der Waals surface area contributed by atoms with E-state index in [9.17, 15) is 9.90 Å². The van der Waals surface area contributed by atoms with Gasteiger partial charge in [0.25, 0.3) is 0 Å². The lowest BCUT2D eigenvalue weighted by Crippen LogP contribution is -2.59. The van der Waals surface area contributed by atoms with E-state index in [1.54, 1.807) is 0 Å². The summed E-state index contributed by atoms with van der Waals surface area (Å²) in [6, 6.07) is 0. The van der Waals surface area contributed by atoms with Crippen molar-refractivity contribution < 1.29 is 9.90 Å². The highest BCUT2D eigenvalue weighted by Gasteiger charge is 2.57. The molecule has 0 aromatic carbocycles. The fraction of sp³-hybridized carbons (Fsp3) is 0.909. The van der Waals surface area contributed by atoms with E-state index in [0.29, 0.717) is 11.8 Å². The van der Waals surface area contributed by atoms with Gasteiger partial charge in [-0.2, -0.15) is 0 Å². The van der Waals surface area contributed by atoms with Crippen molar-refractivity contribution in [2.75, 3.05) is 0 Å². The number of rotatable bonds is 1. The molecule has 4 aliphatic carbocycles. The Hall–Kier alpha value is -0.0500. The van der Waals surface area contributed by atoms with Crippen molar-refractivity contribution in [1.82, 2.24) is 0 Å². The molecule has 0 amide bonds. The second-order valence-corrected chi connectivity index (χ2v) is 7.36. The second kappa shape index (κ2) is 2.55. The SMILES string of the molecule is O=C([O-])C12C[C@H]3C[C@@H](CC(Br)(C3)C1)C2. The molecule has 2 atom stereocenters. The molecule has 0 spiro atoms. The first kappa shape index (κ1) is 9.20. The van der Waals surface area contributed by atoms with Gasteiger partial charge in [-0.15, -0.1) is 0 Å². The summed E-state index contributed by atoms with van der Waals surface area (Å²) in [6.45, 7) is 0. The van der Waals surface area contributed by atoms with Crippen LogP contribution in [-0.4, -0.2) is 10.3 Å². The average Bonchev–Trinajstić information content (AvgIpc) is 1.98. The molecule has 2 nitrogen and oxygen atoms in total. The summed E-state index contributed by atoms with van der Waals surface area (Å²) >= 11 is 3.77. The lowest BCUT2D eigenvalue weighted by Gasteiger charge is -2.60. The molecule has 0 aromatic rings. The van der Waals surface area contributed by atoms with Gasteiger partial charge >= 0.3 is 0 Å². The van der Waals surface area contributed by atoms with Gasteiger partial charge in [-0.25, -0.2) is 0 Å². The lowest BCUT2D eigenvalue weighted by atomic mass is 9.49. The van der Waals surface area contributed by atoms with Crippen LogP contribution in [0.4, 0.5) is 0 Å². The molecular weight excluding hydrogens is 244 g/mol. The smallest absolute Gasteiger partial charge is 0.0476 e. The largest absolute Gasteiger partial charge is 0.550 e. The first-order chi connectivity index (χ1) is 6.51. The van der Waals surface area contributed by atoms with Crippen molar-refractivity contribution in [3.8, 4) is 0 Å². The lowest BCUT2D eigenvalue weighted by molar-refractivity contribution is -0.326. The molecule has 14 heavy (non-hydrogen) atoms. The summed E-state index contributed by atoms with van der Waals surface area (Å²) < 4.78 is 0.136. The number of hydrogen-bond acceptors (Lipinski definition) is 2. The Morgan fingerprint density at radius 3 is 2.21 bits per heavy atom. The Morgan fingerprint density at radius 1 is 1.21 bits per heavy atom. The van der Waals surface area contributed by atoms with E-state index in [1.807, 2.05) is 0 Å². The fourth-order valence-corrected chi connectivity index (χ4v) is 5.84. The van der Waals surface area contributed by atoms with Crippen LogP contribution in [0.1, 0.15) is 38.5 Å². The van der Waals surface area contributed by atoms with Crippen molar-refractivity contribution in [3.63, 3.8) is 0 Å². The molecule has 4 rings (SSSR count). The summed E-state index contributed by atoms with van der Waals surface area (Å²) in [6.07, 6.45) is 6.16. The topological polar surface area (TPSA) is 40.1 Å². The van der Waals surface area contributed by atoms with Crippen LogP contribution in [0.2, 0.25) is 0 Å². The number of carbonyl (C=O) groups excluding carboxylic acids is 1. The summed E-state index contributed by atoms with van der Waals surface area (Å²) in [4.78, 5) is 11.3. The van der Waals surface area contributed by atoms with Crippen LogP contribution in [-0.2, 0) is 4.79 Å². The predicted octanol–water partition coefficient (Wildman–Crippen LogP) is 1.47. The minimum atomic E-state index is -0.796. The number of carboxylic acids is 1. The monoisotopic (exact) mass is 257 g/mol. The fourth-order valence-electron chi connectivity index (χ4n) is 4.39. The van der Waals surface area contributed by atoms with Crippen LogP contribution in [0.5, 0.6) is 0 Å². The molecule has 0 unspecified atom stereocenters. The van der Waals surface area contributed by atoms with E-state index in [2.05, 4.69) is 15.9 Å². The molecule has 0 heterocycles. The zero-order valence-corrected chi connectivity index (χ0v) is 9.68. The molecule has 0 saturated heterocycles. The Bertz CT molecular complexity index is 286. The zero-order valence-electron chi connectivity index (χ0n) is 8.09. The van der Waals surface area contributed by atoms with Gasteiger partial charge in [-0.3, -0.25) is 0 Å². The van der Waals surface area contributed by atoms with Crippen molar-refractivity contribution >= 4 is 21.9 Å². The normalized spacial score (nSPS) is 54.9. The van der Waals surface area contributed by atoms with Crippen LogP contribution >= 0.6 is 15.9 Å². The van der Waals surface area contributed by atoms with Crippen LogP contribution in [0.3, 0.4) is 0 Å². The zero-order chi connectivity index (χ0) is 9.97. The first-order valence-corrected chi connectivity index (χ1v) is 6.21. The second-order valence-electron chi connectivity index (χ2n) is 5.68. The van der Waals surface area contributed by atoms with Crippen LogP contribution in [0.15, 0.2) is 0 Å². The maximum atomic E-state index is 11.3. The van der Waals surface area contributed by atoms with Crippen molar-refractivity contribution in [2.24, 2.45) is 17.3 Å². The highest BCUT2D eigenvalue weighted by Crippen LogP contribution is 2.64. The summed E-state index contributed by atoms with van der Waals surface area (Å²) in [7, 11) is 0. The molecule has 78 valence electrons. The average molecular weight is 258 g/mol. The molecule has 4 fully saturated rings. The highest BCUT2D eigenvalue weighted by atomic mass is 79.9. The van der Waals surface area contributed by atoms with E-state index in [0.717, 1.165) is 19.3 Å². The van der Waals surface area contributed by atoms with Gasteiger partial charge in [0.2, 0.25) is 0 Å². The Labute approximate surface area is 92.2 Å². The molecule has 4 aliphatic rings. The Kier molecular flexibility index (Phi) is 1.67. The minimum absolute atomic E-state index is 0.136. The van der Waals surface area contributed by atoms with Crippen molar-refractivity contribution in [2.45, 2.75) is 42.8 Å². The number of carboxylic acid groups (broad SMARTS) is 1. The van der Waals surface area contributed by atoms with E-state index in [4.69, 9.17) is 0 Å². The van der Waals surface area contributed by atoms with Gasteiger partial charge in [0.1, 0.15) is 0 Å². The standard InChI is InChI=1S/C11H15BrO2/c12-11-4-7-1-8(5-11)3-10(2-7,6-11)9(13)14/h7-8H,1-6H2,(H,13,14)/p-1/t7-,8-,10?,11?/m1/s1. The minimum Gasteiger partial charge on any atom is -0.550 e. The van der Waals surface area contributed by atoms with E-state index in [-0.39, 0.29) is 4.32 Å². The number of carbonyl (C=O) groups is 1. The molecule has 4 saturated carbocycles. The Balaban J connectivity index is 2.00. The van der Waals surface area contributed by atoms with E-state index in [1.165, 1.54) is 19.3 Å².